The van der Waals surface area contributed by atoms with E-state index in [1.54, 1.807) is 24.3 Å². The summed E-state index contributed by atoms with van der Waals surface area (Å²) in [6.07, 6.45) is -4.85. The minimum absolute atomic E-state index is 0.0173. The minimum Gasteiger partial charge on any atom is -0.480 e. The van der Waals surface area contributed by atoms with Gasteiger partial charge in [0, 0.05) is 17.8 Å². The Morgan fingerprint density at radius 2 is 1.69 bits per heavy atom. The molecule has 2 aromatic rings. The minimum atomic E-state index is -4.85. The van der Waals surface area contributed by atoms with E-state index in [0.29, 0.717) is 11.3 Å². The van der Waals surface area contributed by atoms with E-state index in [2.05, 4.69) is 4.74 Å². The lowest BCUT2D eigenvalue weighted by molar-refractivity contribution is -0.274. The Bertz CT molecular complexity index is 944. The number of fused-ring (bicyclic) bond motifs is 1. The Morgan fingerprint density at radius 1 is 1.03 bits per heavy atom. The molecule has 2 aromatic carbocycles. The van der Waals surface area contributed by atoms with Crippen LogP contribution in [0.4, 0.5) is 18.9 Å². The molecular formula is C19H15F3N2O5. The predicted molar refractivity (Wildman–Crippen MR) is 94.3 cm³/mol. The topological polar surface area (TPSA) is 87.2 Å². The Labute approximate surface area is 162 Å². The lowest BCUT2D eigenvalue weighted by Gasteiger charge is -2.22. The van der Waals surface area contributed by atoms with Gasteiger partial charge in [0.15, 0.2) is 0 Å². The Hall–Kier alpha value is -3.56. The number of para-hydroxylation sites is 1. The Morgan fingerprint density at radius 3 is 2.31 bits per heavy atom. The molecule has 1 heterocycles. The molecule has 0 saturated heterocycles. The first kappa shape index (κ1) is 20.2. The van der Waals surface area contributed by atoms with Crippen LogP contribution in [0.3, 0.4) is 0 Å². The van der Waals surface area contributed by atoms with E-state index in [9.17, 15) is 27.6 Å². The highest BCUT2D eigenvalue weighted by atomic mass is 19.4. The number of carboxylic acids is 1. The van der Waals surface area contributed by atoms with E-state index >= 15 is 0 Å². The molecular weight excluding hydrogens is 393 g/mol. The number of anilines is 1. The van der Waals surface area contributed by atoms with Gasteiger partial charge in [0.1, 0.15) is 18.8 Å². The molecule has 2 amide bonds. The van der Waals surface area contributed by atoms with Crippen LogP contribution in [0.2, 0.25) is 0 Å². The lowest BCUT2D eigenvalue weighted by Crippen LogP contribution is -2.41. The molecule has 0 radical (unpaired) electrons. The molecule has 0 atom stereocenters. The summed E-state index contributed by atoms with van der Waals surface area (Å²) >= 11 is 0. The van der Waals surface area contributed by atoms with Gasteiger partial charge >= 0.3 is 12.3 Å². The normalized spacial score (nSPS) is 14.2. The number of rotatable bonds is 4. The molecule has 1 N–H and O–H groups in total. The first-order chi connectivity index (χ1) is 13.6. The third-order valence-electron chi connectivity index (χ3n) is 4.20. The molecule has 1 aliphatic heterocycles. The Kier molecular flexibility index (Phi) is 5.44. The summed E-state index contributed by atoms with van der Waals surface area (Å²) in [5, 5.41) is 9.02. The van der Waals surface area contributed by atoms with E-state index < -0.39 is 43.0 Å². The van der Waals surface area contributed by atoms with Crippen LogP contribution < -0.4 is 9.64 Å². The molecule has 3 rings (SSSR count). The highest BCUT2D eigenvalue weighted by molar-refractivity contribution is 6.09. The molecule has 0 unspecified atom stereocenters. The molecule has 10 heteroatoms. The Balaban J connectivity index is 1.90. The number of carbonyl (C=O) groups is 3. The number of ether oxygens (including phenoxy) is 1. The first-order valence-electron chi connectivity index (χ1n) is 8.39. The second-order valence-corrected chi connectivity index (χ2v) is 6.24. The monoisotopic (exact) mass is 408 g/mol. The van der Waals surface area contributed by atoms with Gasteiger partial charge in [0.25, 0.3) is 5.91 Å². The summed E-state index contributed by atoms with van der Waals surface area (Å²) in [7, 11) is 0. The molecule has 1 aliphatic rings. The quantitative estimate of drug-likeness (QED) is 0.841. The van der Waals surface area contributed by atoms with Crippen LogP contribution in [-0.2, 0) is 16.1 Å². The molecule has 0 bridgehead atoms. The van der Waals surface area contributed by atoms with E-state index in [4.69, 9.17) is 5.11 Å². The maximum Gasteiger partial charge on any atom is 0.573 e. The molecule has 29 heavy (non-hydrogen) atoms. The van der Waals surface area contributed by atoms with Crippen molar-refractivity contribution in [2.75, 3.05) is 18.0 Å². The molecule has 0 spiro atoms. The highest BCUT2D eigenvalue weighted by Crippen LogP contribution is 2.28. The second-order valence-electron chi connectivity index (χ2n) is 6.24. The van der Waals surface area contributed by atoms with Crippen molar-refractivity contribution in [1.82, 2.24) is 4.90 Å². The maximum absolute atomic E-state index is 13.0. The first-order valence-corrected chi connectivity index (χ1v) is 8.39. The number of carbonyl (C=O) groups excluding carboxylic acids is 2. The zero-order chi connectivity index (χ0) is 21.2. The van der Waals surface area contributed by atoms with Gasteiger partial charge in [-0.15, -0.1) is 13.2 Å². The van der Waals surface area contributed by atoms with Crippen molar-refractivity contribution in [3.05, 3.63) is 59.7 Å². The van der Waals surface area contributed by atoms with Gasteiger partial charge in [-0.1, -0.05) is 18.2 Å². The summed E-state index contributed by atoms with van der Waals surface area (Å²) in [6.45, 7) is -0.897. The van der Waals surface area contributed by atoms with E-state index in [1.165, 1.54) is 4.90 Å². The van der Waals surface area contributed by atoms with Crippen molar-refractivity contribution >= 4 is 23.5 Å². The van der Waals surface area contributed by atoms with Crippen LogP contribution in [-0.4, -0.2) is 47.2 Å². The van der Waals surface area contributed by atoms with Crippen molar-refractivity contribution < 1.29 is 37.4 Å². The zero-order valence-electron chi connectivity index (χ0n) is 14.8. The molecule has 0 aromatic heterocycles. The van der Waals surface area contributed by atoms with Gasteiger partial charge in [-0.3, -0.25) is 19.3 Å². The van der Waals surface area contributed by atoms with Gasteiger partial charge in [-0.2, -0.15) is 0 Å². The van der Waals surface area contributed by atoms with Crippen LogP contribution in [0.15, 0.2) is 48.5 Å². The SMILES string of the molecule is O=C(O)CN1Cc2ccccc2N(C(=O)c2ccc(OC(F)(F)F)cc2)CC1=O. The van der Waals surface area contributed by atoms with Crippen molar-refractivity contribution in [3.63, 3.8) is 0 Å². The molecule has 152 valence electrons. The van der Waals surface area contributed by atoms with Crippen LogP contribution >= 0.6 is 0 Å². The maximum atomic E-state index is 13.0. The number of carboxylic acid groups (broad SMARTS) is 1. The van der Waals surface area contributed by atoms with Crippen molar-refractivity contribution in [1.29, 1.82) is 0 Å². The number of benzene rings is 2. The van der Waals surface area contributed by atoms with E-state index in [1.807, 2.05) is 0 Å². The second kappa shape index (κ2) is 7.82. The van der Waals surface area contributed by atoms with Crippen LogP contribution in [0.5, 0.6) is 5.75 Å². The summed E-state index contributed by atoms with van der Waals surface area (Å²) in [5.74, 6) is -2.83. The molecule has 0 saturated carbocycles. The number of alkyl halides is 3. The van der Waals surface area contributed by atoms with Crippen molar-refractivity contribution in [2.24, 2.45) is 0 Å². The number of hydrogen-bond acceptors (Lipinski definition) is 4. The van der Waals surface area contributed by atoms with Gasteiger partial charge in [0.2, 0.25) is 5.91 Å². The van der Waals surface area contributed by atoms with Crippen LogP contribution in [0.25, 0.3) is 0 Å². The number of hydrogen-bond donors (Lipinski definition) is 1. The predicted octanol–water partition coefficient (Wildman–Crippen LogP) is 2.66. The highest BCUT2D eigenvalue weighted by Gasteiger charge is 2.32. The summed E-state index contributed by atoms with van der Waals surface area (Å²) in [4.78, 5) is 38.8. The van der Waals surface area contributed by atoms with Gasteiger partial charge in [-0.05, 0) is 35.9 Å². The summed E-state index contributed by atoms with van der Waals surface area (Å²) in [6, 6.07) is 11.0. The number of nitrogens with zero attached hydrogens (tertiary/aromatic N) is 2. The smallest absolute Gasteiger partial charge is 0.480 e. The van der Waals surface area contributed by atoms with Crippen LogP contribution in [0, 0.1) is 0 Å². The average molecular weight is 408 g/mol. The standard InChI is InChI=1S/C19H15F3N2O5/c20-19(21,22)29-14-7-5-12(6-8-14)18(28)24-10-16(25)23(11-17(26)27)9-13-3-1-2-4-15(13)24/h1-8H,9-11H2,(H,26,27). The lowest BCUT2D eigenvalue weighted by atomic mass is 10.1. The van der Waals surface area contributed by atoms with Crippen LogP contribution in [0.1, 0.15) is 15.9 Å². The zero-order valence-corrected chi connectivity index (χ0v) is 14.8. The van der Waals surface area contributed by atoms with Gasteiger partial charge < -0.3 is 14.7 Å². The largest absolute Gasteiger partial charge is 0.573 e. The van der Waals surface area contributed by atoms with Crippen molar-refractivity contribution in [2.45, 2.75) is 12.9 Å². The molecule has 0 aliphatic carbocycles. The van der Waals surface area contributed by atoms with E-state index in [0.717, 1.165) is 29.2 Å². The third-order valence-corrected chi connectivity index (χ3v) is 4.20. The van der Waals surface area contributed by atoms with Crippen molar-refractivity contribution in [3.8, 4) is 5.75 Å². The third kappa shape index (κ3) is 4.84. The number of amides is 2. The fraction of sp³-hybridized carbons (Fsp3) is 0.211. The summed E-state index contributed by atoms with van der Waals surface area (Å²) < 4.78 is 40.7. The summed E-state index contributed by atoms with van der Waals surface area (Å²) in [5.41, 5.74) is 1.05. The van der Waals surface area contributed by atoms with Gasteiger partial charge in [0.05, 0.1) is 0 Å². The molecule has 7 nitrogen and oxygen atoms in total. The van der Waals surface area contributed by atoms with E-state index in [-0.39, 0.29) is 12.1 Å². The average Bonchev–Trinajstić information content (AvgIpc) is 2.77. The molecule has 0 fully saturated rings. The number of aliphatic carboxylic acids is 1. The fourth-order valence-electron chi connectivity index (χ4n) is 2.97. The number of halogens is 3. The fourth-order valence-corrected chi connectivity index (χ4v) is 2.97. The van der Waals surface area contributed by atoms with Gasteiger partial charge in [-0.25, -0.2) is 0 Å².